The van der Waals surface area contributed by atoms with Gasteiger partial charge in [0, 0.05) is 38.0 Å². The second-order valence-electron chi connectivity index (χ2n) is 7.46. The lowest BCUT2D eigenvalue weighted by atomic mass is 10.1. The molecule has 0 aliphatic carbocycles. The van der Waals surface area contributed by atoms with Gasteiger partial charge in [-0.25, -0.2) is 22.2 Å². The molecule has 0 saturated carbocycles. The van der Waals surface area contributed by atoms with E-state index in [1.807, 2.05) is 10.3 Å². The van der Waals surface area contributed by atoms with Gasteiger partial charge in [0.1, 0.15) is 5.75 Å². The van der Waals surface area contributed by atoms with Gasteiger partial charge in [0.15, 0.2) is 16.8 Å². The number of hydrogen-bond acceptors (Lipinski definition) is 6. The Morgan fingerprint density at radius 1 is 0.971 bits per heavy atom. The Balaban J connectivity index is 1.37. The van der Waals surface area contributed by atoms with Crippen molar-refractivity contribution in [3.8, 4) is 5.75 Å². The molecule has 0 radical (unpaired) electrons. The predicted molar refractivity (Wildman–Crippen MR) is 115 cm³/mol. The number of piperazine rings is 1. The number of hydrogen-bond donors (Lipinski definition) is 0. The molecular formula is C21H18F5N3O3S2. The number of rotatable bonds is 6. The molecule has 0 bridgehead atoms. The summed E-state index contributed by atoms with van der Waals surface area (Å²) in [7, 11) is -3.88. The van der Waals surface area contributed by atoms with Gasteiger partial charge in [-0.1, -0.05) is 6.07 Å². The highest BCUT2D eigenvalue weighted by Crippen LogP contribution is 2.27. The topological polar surface area (TPSA) is 62.7 Å². The van der Waals surface area contributed by atoms with Crippen LogP contribution in [0.3, 0.4) is 0 Å². The maximum absolute atomic E-state index is 13.4. The van der Waals surface area contributed by atoms with Gasteiger partial charge < -0.3 is 9.64 Å². The van der Waals surface area contributed by atoms with Gasteiger partial charge in [-0.05, 0) is 42.0 Å². The highest BCUT2D eigenvalue weighted by Gasteiger charge is 2.32. The largest absolute Gasteiger partial charge is 0.573 e. The van der Waals surface area contributed by atoms with Crippen LogP contribution >= 0.6 is 11.3 Å². The van der Waals surface area contributed by atoms with Crippen molar-refractivity contribution in [2.24, 2.45) is 0 Å². The van der Waals surface area contributed by atoms with Crippen molar-refractivity contribution in [2.75, 3.05) is 31.1 Å². The van der Waals surface area contributed by atoms with Gasteiger partial charge in [-0.3, -0.25) is 0 Å². The van der Waals surface area contributed by atoms with Gasteiger partial charge in [0.2, 0.25) is 10.0 Å². The van der Waals surface area contributed by atoms with Crippen molar-refractivity contribution >= 4 is 26.5 Å². The molecule has 0 atom stereocenters. The fourth-order valence-corrected chi connectivity index (χ4v) is 5.76. The molecule has 1 aliphatic rings. The van der Waals surface area contributed by atoms with Crippen LogP contribution in [0.25, 0.3) is 0 Å². The molecule has 0 amide bonds. The van der Waals surface area contributed by atoms with Gasteiger partial charge in [-0.15, -0.1) is 24.5 Å². The quantitative estimate of drug-likeness (QED) is 0.452. The molecule has 0 spiro atoms. The number of thiazole rings is 1. The number of alkyl halides is 3. The zero-order valence-electron chi connectivity index (χ0n) is 17.4. The summed E-state index contributed by atoms with van der Waals surface area (Å²) < 4.78 is 94.2. The van der Waals surface area contributed by atoms with Crippen molar-refractivity contribution in [1.29, 1.82) is 0 Å². The molecule has 13 heteroatoms. The summed E-state index contributed by atoms with van der Waals surface area (Å²) in [5.41, 5.74) is 1.26. The van der Waals surface area contributed by atoms with Crippen molar-refractivity contribution in [3.63, 3.8) is 0 Å². The third-order valence-electron chi connectivity index (χ3n) is 5.11. The monoisotopic (exact) mass is 519 g/mol. The van der Waals surface area contributed by atoms with E-state index in [-0.39, 0.29) is 18.0 Å². The first-order valence-electron chi connectivity index (χ1n) is 10.0. The summed E-state index contributed by atoms with van der Waals surface area (Å²) in [5, 5.41) is 2.49. The zero-order valence-corrected chi connectivity index (χ0v) is 19.1. The molecular weight excluding hydrogens is 501 g/mol. The Labute approximate surface area is 196 Å². The molecule has 2 heterocycles. The zero-order chi connectivity index (χ0) is 24.5. The first-order chi connectivity index (χ1) is 16.0. The Morgan fingerprint density at radius 2 is 1.65 bits per heavy atom. The fourth-order valence-electron chi connectivity index (χ4n) is 3.46. The predicted octanol–water partition coefficient (Wildman–Crippen LogP) is 4.42. The number of halogens is 5. The van der Waals surface area contributed by atoms with Crippen LogP contribution < -0.4 is 9.64 Å². The maximum Gasteiger partial charge on any atom is 0.573 e. The van der Waals surface area contributed by atoms with Gasteiger partial charge in [0.25, 0.3) is 0 Å². The van der Waals surface area contributed by atoms with Crippen LogP contribution in [0.4, 0.5) is 27.1 Å². The van der Waals surface area contributed by atoms with Crippen molar-refractivity contribution < 1.29 is 35.1 Å². The van der Waals surface area contributed by atoms with Crippen molar-refractivity contribution in [1.82, 2.24) is 9.29 Å². The van der Waals surface area contributed by atoms with E-state index in [4.69, 9.17) is 0 Å². The number of anilines is 1. The minimum atomic E-state index is -4.86. The molecule has 34 heavy (non-hydrogen) atoms. The molecule has 6 nitrogen and oxygen atoms in total. The summed E-state index contributed by atoms with van der Waals surface area (Å²) in [6.45, 7) is 1.07. The van der Waals surface area contributed by atoms with Crippen LogP contribution in [0.1, 0.15) is 11.3 Å². The van der Waals surface area contributed by atoms with E-state index < -0.39 is 33.8 Å². The molecule has 0 N–H and O–H groups in total. The lowest BCUT2D eigenvalue weighted by Gasteiger charge is -2.33. The first kappa shape index (κ1) is 24.4. The van der Waals surface area contributed by atoms with E-state index in [2.05, 4.69) is 9.72 Å². The summed E-state index contributed by atoms with van der Waals surface area (Å²) >= 11 is 1.37. The van der Waals surface area contributed by atoms with E-state index in [9.17, 15) is 30.4 Å². The van der Waals surface area contributed by atoms with E-state index >= 15 is 0 Å². The van der Waals surface area contributed by atoms with Crippen LogP contribution in [0.2, 0.25) is 0 Å². The standard InChI is InChI=1S/C21H18F5N3O3S2/c22-18-6-1-14(12-19(18)23)11-15-13-33-20(27-15)28-7-9-29(10-8-28)34(30,31)17-4-2-16(3-5-17)32-21(24,25)26/h1-6,12-13H,7-11H2. The highest BCUT2D eigenvalue weighted by atomic mass is 32.2. The van der Waals surface area contributed by atoms with Crippen LogP contribution in [0.5, 0.6) is 5.75 Å². The SMILES string of the molecule is O=S(=O)(c1ccc(OC(F)(F)F)cc1)N1CCN(c2nc(Cc3ccc(F)c(F)c3)cs2)CC1. The van der Waals surface area contributed by atoms with Crippen molar-refractivity contribution in [3.05, 3.63) is 70.7 Å². The summed E-state index contributed by atoms with van der Waals surface area (Å²) in [4.78, 5) is 6.32. The fraction of sp³-hybridized carbons (Fsp3) is 0.286. The smallest absolute Gasteiger partial charge is 0.406 e. The molecule has 1 fully saturated rings. The molecule has 1 saturated heterocycles. The number of ether oxygens (including phenoxy) is 1. The third-order valence-corrected chi connectivity index (χ3v) is 7.98. The Hall–Kier alpha value is -2.77. The third kappa shape index (κ3) is 5.65. The summed E-state index contributed by atoms with van der Waals surface area (Å²) in [6.07, 6.45) is -4.53. The Kier molecular flexibility index (Phi) is 6.78. The minimum absolute atomic E-state index is 0.126. The molecule has 3 aromatic rings. The minimum Gasteiger partial charge on any atom is -0.406 e. The Bertz CT molecular complexity index is 1260. The maximum atomic E-state index is 13.4. The number of nitrogens with zero attached hydrogens (tertiary/aromatic N) is 3. The second-order valence-corrected chi connectivity index (χ2v) is 10.2. The van der Waals surface area contributed by atoms with Crippen LogP contribution in [0, 0.1) is 11.6 Å². The van der Waals surface area contributed by atoms with E-state index in [0.29, 0.717) is 35.9 Å². The van der Waals surface area contributed by atoms with Crippen LogP contribution in [-0.2, 0) is 16.4 Å². The molecule has 1 aliphatic heterocycles. The lowest BCUT2D eigenvalue weighted by molar-refractivity contribution is -0.274. The molecule has 1 aromatic heterocycles. The number of sulfonamides is 1. The van der Waals surface area contributed by atoms with Crippen LogP contribution in [0.15, 0.2) is 52.7 Å². The van der Waals surface area contributed by atoms with E-state index in [1.54, 1.807) is 0 Å². The number of benzene rings is 2. The first-order valence-corrected chi connectivity index (χ1v) is 12.3. The van der Waals surface area contributed by atoms with E-state index in [1.165, 1.54) is 21.7 Å². The van der Waals surface area contributed by atoms with Gasteiger partial charge in [0.05, 0.1) is 10.6 Å². The van der Waals surface area contributed by atoms with Gasteiger partial charge in [-0.2, -0.15) is 4.31 Å². The molecule has 182 valence electrons. The summed E-state index contributed by atoms with van der Waals surface area (Å²) in [5.74, 6) is -2.34. The van der Waals surface area contributed by atoms with Gasteiger partial charge >= 0.3 is 6.36 Å². The normalized spacial score (nSPS) is 15.5. The second kappa shape index (κ2) is 9.47. The summed E-state index contributed by atoms with van der Waals surface area (Å²) in [6, 6.07) is 7.75. The molecule has 0 unspecified atom stereocenters. The highest BCUT2D eigenvalue weighted by molar-refractivity contribution is 7.89. The Morgan fingerprint density at radius 3 is 2.26 bits per heavy atom. The molecule has 2 aromatic carbocycles. The lowest BCUT2D eigenvalue weighted by Crippen LogP contribution is -2.48. The molecule has 4 rings (SSSR count). The number of aromatic nitrogens is 1. The van der Waals surface area contributed by atoms with E-state index in [0.717, 1.165) is 36.4 Å². The average Bonchev–Trinajstić information content (AvgIpc) is 3.24. The van der Waals surface area contributed by atoms with Crippen LogP contribution in [-0.4, -0.2) is 50.2 Å². The van der Waals surface area contributed by atoms with Crippen molar-refractivity contribution in [2.45, 2.75) is 17.7 Å². The average molecular weight is 520 g/mol.